The molecule has 4 nitrogen and oxygen atoms in total. The molecule has 0 bridgehead atoms. The molecule has 0 spiro atoms. The molecule has 2 aromatic heterocycles. The fourth-order valence-electron chi connectivity index (χ4n) is 4.67. The molecule has 34 heavy (non-hydrogen) atoms. The third kappa shape index (κ3) is 3.23. The lowest BCUT2D eigenvalue weighted by Gasteiger charge is -2.12. The summed E-state index contributed by atoms with van der Waals surface area (Å²) in [5, 5.41) is 11.5. The van der Waals surface area contributed by atoms with Crippen LogP contribution in [0.1, 0.15) is 11.1 Å². The van der Waals surface area contributed by atoms with Gasteiger partial charge in [-0.1, -0.05) is 54.6 Å². The Kier molecular flexibility index (Phi) is 4.66. The number of aromatic nitrogens is 2. The van der Waals surface area contributed by atoms with Crippen molar-refractivity contribution in [3.05, 3.63) is 102 Å². The van der Waals surface area contributed by atoms with Gasteiger partial charge < -0.3 is 9.52 Å². The van der Waals surface area contributed by atoms with E-state index in [2.05, 4.69) is 56.3 Å². The molecule has 1 N–H and O–H groups in total. The molecular weight excluding hydrogens is 420 g/mol. The zero-order chi connectivity index (χ0) is 23.2. The third-order valence-electron chi connectivity index (χ3n) is 6.35. The first-order valence-electron chi connectivity index (χ1n) is 11.2. The number of oxazole rings is 1. The van der Waals surface area contributed by atoms with E-state index in [1.165, 1.54) is 16.5 Å². The Bertz CT molecular complexity index is 1690. The summed E-state index contributed by atoms with van der Waals surface area (Å²) in [5.74, 6) is 0.549. The molecule has 0 amide bonds. The molecule has 0 fully saturated rings. The Hall–Kier alpha value is -4.44. The van der Waals surface area contributed by atoms with E-state index in [1.54, 1.807) is 18.2 Å². The Labute approximate surface area is 197 Å². The maximum Gasteiger partial charge on any atom is 0.231 e. The first-order valence-corrected chi connectivity index (χ1v) is 11.2. The third-order valence-corrected chi connectivity index (χ3v) is 6.35. The number of benzene rings is 4. The summed E-state index contributed by atoms with van der Waals surface area (Å²) in [6.45, 7) is 4.26. The number of aromatic hydroxyl groups is 1. The summed E-state index contributed by atoms with van der Waals surface area (Å²) in [6, 6.07) is 27.8. The minimum atomic E-state index is 0.145. The van der Waals surface area contributed by atoms with Crippen LogP contribution in [0, 0.1) is 13.8 Å². The Balaban J connectivity index is 1.52. The van der Waals surface area contributed by atoms with Gasteiger partial charge in [0.05, 0.1) is 11.1 Å². The van der Waals surface area contributed by atoms with Crippen LogP contribution in [0.2, 0.25) is 0 Å². The molecule has 2 heterocycles. The normalized spacial score (nSPS) is 11.4. The van der Waals surface area contributed by atoms with Crippen LogP contribution in [-0.2, 0) is 0 Å². The van der Waals surface area contributed by atoms with Crippen molar-refractivity contribution in [1.82, 2.24) is 9.97 Å². The fourth-order valence-corrected chi connectivity index (χ4v) is 4.67. The molecule has 6 rings (SSSR count). The van der Waals surface area contributed by atoms with Crippen LogP contribution >= 0.6 is 0 Å². The molecule has 0 unspecified atom stereocenters. The van der Waals surface area contributed by atoms with Crippen molar-refractivity contribution in [3.8, 4) is 39.5 Å². The number of phenols is 1. The summed E-state index contributed by atoms with van der Waals surface area (Å²) in [6.07, 6.45) is 1.88. The van der Waals surface area contributed by atoms with Gasteiger partial charge in [-0.25, -0.2) is 4.98 Å². The SMILES string of the molecule is Cc1ccnc2c(-c3cccc(-c4cccc5oc(-c6ccccc6O)nc45)c3)ccc(C)c12. The zero-order valence-corrected chi connectivity index (χ0v) is 18.9. The number of hydrogen-bond acceptors (Lipinski definition) is 4. The van der Waals surface area contributed by atoms with E-state index in [4.69, 9.17) is 14.4 Å². The quantitative estimate of drug-likeness (QED) is 0.305. The number of para-hydroxylation sites is 2. The van der Waals surface area contributed by atoms with Gasteiger partial charge in [0.1, 0.15) is 11.3 Å². The van der Waals surface area contributed by atoms with Gasteiger partial charge in [0.2, 0.25) is 5.89 Å². The molecule has 4 aromatic carbocycles. The Morgan fingerprint density at radius 3 is 2.21 bits per heavy atom. The Morgan fingerprint density at radius 2 is 1.38 bits per heavy atom. The minimum absolute atomic E-state index is 0.145. The van der Waals surface area contributed by atoms with Crippen molar-refractivity contribution in [2.24, 2.45) is 0 Å². The van der Waals surface area contributed by atoms with Crippen molar-refractivity contribution < 1.29 is 9.52 Å². The predicted molar refractivity (Wildman–Crippen MR) is 137 cm³/mol. The van der Waals surface area contributed by atoms with Gasteiger partial charge in [-0.3, -0.25) is 4.98 Å². The van der Waals surface area contributed by atoms with Gasteiger partial charge in [0.25, 0.3) is 0 Å². The highest BCUT2D eigenvalue weighted by Gasteiger charge is 2.16. The molecule has 0 aliphatic heterocycles. The van der Waals surface area contributed by atoms with Crippen molar-refractivity contribution in [1.29, 1.82) is 0 Å². The molecule has 4 heteroatoms. The summed E-state index contributed by atoms with van der Waals surface area (Å²) < 4.78 is 6.01. The summed E-state index contributed by atoms with van der Waals surface area (Å²) in [4.78, 5) is 9.48. The van der Waals surface area contributed by atoms with Gasteiger partial charge in [0, 0.05) is 22.7 Å². The topological polar surface area (TPSA) is 59.2 Å². The minimum Gasteiger partial charge on any atom is -0.507 e. The molecular formula is C30H22N2O2. The van der Waals surface area contributed by atoms with Crippen LogP contribution in [0.4, 0.5) is 0 Å². The second kappa shape index (κ2) is 7.85. The number of nitrogens with zero attached hydrogens (tertiary/aromatic N) is 2. The Morgan fingerprint density at radius 1 is 0.676 bits per heavy atom. The van der Waals surface area contributed by atoms with Crippen LogP contribution < -0.4 is 0 Å². The zero-order valence-electron chi connectivity index (χ0n) is 18.9. The predicted octanol–water partition coefficient (Wildman–Crippen LogP) is 7.70. The number of phenolic OH excluding ortho intramolecular Hbond substituents is 1. The van der Waals surface area contributed by atoms with E-state index < -0.39 is 0 Å². The van der Waals surface area contributed by atoms with E-state index >= 15 is 0 Å². The monoisotopic (exact) mass is 442 g/mol. The first kappa shape index (κ1) is 20.2. The molecule has 0 saturated carbocycles. The summed E-state index contributed by atoms with van der Waals surface area (Å²) >= 11 is 0. The number of fused-ring (bicyclic) bond motifs is 2. The smallest absolute Gasteiger partial charge is 0.231 e. The second-order valence-corrected chi connectivity index (χ2v) is 8.55. The number of aryl methyl sites for hydroxylation is 2. The maximum absolute atomic E-state index is 10.3. The maximum atomic E-state index is 10.3. The van der Waals surface area contributed by atoms with E-state index in [9.17, 15) is 5.11 Å². The second-order valence-electron chi connectivity index (χ2n) is 8.55. The van der Waals surface area contributed by atoms with E-state index in [1.807, 2.05) is 30.5 Å². The highest BCUT2D eigenvalue weighted by atomic mass is 16.3. The number of rotatable bonds is 3. The van der Waals surface area contributed by atoms with Crippen molar-refractivity contribution in [3.63, 3.8) is 0 Å². The van der Waals surface area contributed by atoms with E-state index in [-0.39, 0.29) is 5.75 Å². The fraction of sp³-hybridized carbons (Fsp3) is 0.0667. The van der Waals surface area contributed by atoms with E-state index in [0.29, 0.717) is 17.0 Å². The molecule has 0 saturated heterocycles. The average molecular weight is 443 g/mol. The van der Waals surface area contributed by atoms with Crippen LogP contribution in [0.15, 0.2) is 95.5 Å². The van der Waals surface area contributed by atoms with Crippen molar-refractivity contribution >= 4 is 22.0 Å². The van der Waals surface area contributed by atoms with Gasteiger partial charge in [-0.05, 0) is 66.4 Å². The number of pyridine rings is 1. The number of hydrogen-bond donors (Lipinski definition) is 1. The van der Waals surface area contributed by atoms with Gasteiger partial charge in [-0.2, -0.15) is 0 Å². The van der Waals surface area contributed by atoms with Crippen LogP contribution in [-0.4, -0.2) is 15.1 Å². The molecule has 0 aliphatic carbocycles. The van der Waals surface area contributed by atoms with Crippen LogP contribution in [0.3, 0.4) is 0 Å². The lowest BCUT2D eigenvalue weighted by molar-refractivity contribution is 0.474. The largest absolute Gasteiger partial charge is 0.507 e. The molecule has 0 radical (unpaired) electrons. The lowest BCUT2D eigenvalue weighted by atomic mass is 9.94. The average Bonchev–Trinajstić information content (AvgIpc) is 3.29. The van der Waals surface area contributed by atoms with Crippen molar-refractivity contribution in [2.45, 2.75) is 13.8 Å². The summed E-state index contributed by atoms with van der Waals surface area (Å²) in [5.41, 5.74) is 9.71. The summed E-state index contributed by atoms with van der Waals surface area (Å²) in [7, 11) is 0. The van der Waals surface area contributed by atoms with Crippen LogP contribution in [0.25, 0.3) is 55.7 Å². The van der Waals surface area contributed by atoms with Gasteiger partial charge in [0.15, 0.2) is 5.58 Å². The van der Waals surface area contributed by atoms with E-state index in [0.717, 1.165) is 33.3 Å². The molecule has 0 atom stereocenters. The standard InChI is InChI=1S/C30H22N2O2/c1-18-13-14-23(29-27(18)19(2)15-16-31-29)21-8-5-7-20(17-21)22-10-6-12-26-28(22)32-30(34-26)24-9-3-4-11-25(24)33/h3-17,33H,1-2H3. The van der Waals surface area contributed by atoms with Crippen LogP contribution in [0.5, 0.6) is 5.75 Å². The molecule has 0 aliphatic rings. The van der Waals surface area contributed by atoms with Gasteiger partial charge >= 0.3 is 0 Å². The molecule has 6 aromatic rings. The first-order chi connectivity index (χ1) is 16.6. The molecule has 164 valence electrons. The van der Waals surface area contributed by atoms with Gasteiger partial charge in [-0.15, -0.1) is 0 Å². The lowest BCUT2D eigenvalue weighted by Crippen LogP contribution is -1.91. The highest BCUT2D eigenvalue weighted by molar-refractivity contribution is 5.99. The van der Waals surface area contributed by atoms with Crippen molar-refractivity contribution in [2.75, 3.05) is 0 Å². The highest BCUT2D eigenvalue weighted by Crippen LogP contribution is 2.37.